The summed E-state index contributed by atoms with van der Waals surface area (Å²) in [7, 11) is 0. The van der Waals surface area contributed by atoms with Gasteiger partial charge in [-0.3, -0.25) is 4.40 Å². The molecule has 0 amide bonds. The summed E-state index contributed by atoms with van der Waals surface area (Å²) in [6.45, 7) is 1.26. The van der Waals surface area contributed by atoms with Crippen molar-refractivity contribution in [2.24, 2.45) is 0 Å². The van der Waals surface area contributed by atoms with E-state index in [4.69, 9.17) is 4.42 Å². The number of fused-ring (bicyclic) bond motifs is 1. The molecule has 0 aliphatic carbocycles. The molecule has 3 heterocycles. The van der Waals surface area contributed by atoms with Gasteiger partial charge in [-0.25, -0.2) is 0 Å². The predicted molar refractivity (Wildman–Crippen MR) is 77.6 cm³/mol. The minimum atomic E-state index is 0.626. The fraction of sp³-hybridized carbons (Fsp3) is 0.167. The zero-order valence-corrected chi connectivity index (χ0v) is 13.0. The number of furan rings is 1. The van der Waals surface area contributed by atoms with Crippen LogP contribution in [0.25, 0.3) is 5.65 Å². The molecule has 0 unspecified atom stereocenters. The summed E-state index contributed by atoms with van der Waals surface area (Å²) in [5.74, 6) is 1.73. The number of pyridine rings is 1. The molecule has 0 spiro atoms. The van der Waals surface area contributed by atoms with E-state index < -0.39 is 0 Å². The third kappa shape index (κ3) is 2.72. The van der Waals surface area contributed by atoms with Crippen molar-refractivity contribution in [3.63, 3.8) is 0 Å². The number of rotatable bonds is 4. The highest BCUT2D eigenvalue weighted by atomic mass is 79.9. The van der Waals surface area contributed by atoms with Gasteiger partial charge in [-0.2, -0.15) is 0 Å². The summed E-state index contributed by atoms with van der Waals surface area (Å²) in [4.78, 5) is 0. The van der Waals surface area contributed by atoms with Crippen LogP contribution in [-0.4, -0.2) is 14.6 Å². The van der Waals surface area contributed by atoms with Crippen LogP contribution in [0.4, 0.5) is 0 Å². The standard InChI is InChI=1S/C12H10Br2N4O/c13-9-5-8(19-12(9)14)6-15-7-11-17-16-10-3-1-2-4-18(10)11/h1-5,15H,6-7H2. The first-order valence-electron chi connectivity index (χ1n) is 5.67. The maximum Gasteiger partial charge on any atom is 0.183 e. The Morgan fingerprint density at radius 2 is 2.11 bits per heavy atom. The Bertz CT molecular complexity index is 687. The summed E-state index contributed by atoms with van der Waals surface area (Å²) >= 11 is 6.70. The summed E-state index contributed by atoms with van der Waals surface area (Å²) < 4.78 is 9.06. The zero-order valence-electron chi connectivity index (χ0n) is 9.81. The molecular formula is C12H10Br2N4O. The second kappa shape index (κ2) is 5.44. The van der Waals surface area contributed by atoms with Crippen molar-refractivity contribution in [1.29, 1.82) is 0 Å². The van der Waals surface area contributed by atoms with E-state index in [1.807, 2.05) is 34.9 Å². The first-order valence-corrected chi connectivity index (χ1v) is 7.26. The molecule has 0 saturated carbocycles. The lowest BCUT2D eigenvalue weighted by atomic mass is 10.4. The van der Waals surface area contributed by atoms with E-state index in [9.17, 15) is 0 Å². The van der Waals surface area contributed by atoms with Crippen LogP contribution < -0.4 is 5.32 Å². The summed E-state index contributed by atoms with van der Waals surface area (Å²) in [6.07, 6.45) is 1.95. The Balaban J connectivity index is 1.66. The SMILES string of the molecule is Brc1cc(CNCc2nnc3ccccn23)oc1Br. The molecule has 0 bridgehead atoms. The van der Waals surface area contributed by atoms with E-state index in [1.54, 1.807) is 0 Å². The van der Waals surface area contributed by atoms with Crippen LogP contribution in [0, 0.1) is 0 Å². The van der Waals surface area contributed by atoms with Crippen molar-refractivity contribution in [3.8, 4) is 0 Å². The van der Waals surface area contributed by atoms with E-state index in [2.05, 4.69) is 47.4 Å². The van der Waals surface area contributed by atoms with Gasteiger partial charge in [-0.05, 0) is 50.1 Å². The van der Waals surface area contributed by atoms with Gasteiger partial charge in [0.15, 0.2) is 16.1 Å². The van der Waals surface area contributed by atoms with Crippen LogP contribution in [0.2, 0.25) is 0 Å². The molecule has 1 N–H and O–H groups in total. The molecule has 7 heteroatoms. The van der Waals surface area contributed by atoms with Gasteiger partial charge in [-0.15, -0.1) is 10.2 Å². The Morgan fingerprint density at radius 1 is 1.21 bits per heavy atom. The molecule has 5 nitrogen and oxygen atoms in total. The van der Waals surface area contributed by atoms with Gasteiger partial charge < -0.3 is 9.73 Å². The first kappa shape index (κ1) is 12.8. The van der Waals surface area contributed by atoms with Crippen LogP contribution >= 0.6 is 31.9 Å². The molecule has 0 aliphatic rings. The second-order valence-corrected chi connectivity index (χ2v) is 5.56. The molecule has 0 atom stereocenters. The summed E-state index contributed by atoms with van der Waals surface area (Å²) in [5.41, 5.74) is 0.850. The fourth-order valence-corrected chi connectivity index (χ4v) is 2.45. The van der Waals surface area contributed by atoms with E-state index >= 15 is 0 Å². The van der Waals surface area contributed by atoms with Crippen LogP contribution in [0.1, 0.15) is 11.6 Å². The molecule has 3 aromatic heterocycles. The minimum Gasteiger partial charge on any atom is -0.452 e. The van der Waals surface area contributed by atoms with Crippen LogP contribution in [0.15, 0.2) is 44.0 Å². The Kier molecular flexibility index (Phi) is 3.67. The number of halogens is 2. The highest BCUT2D eigenvalue weighted by Crippen LogP contribution is 2.26. The van der Waals surface area contributed by atoms with Gasteiger partial charge in [0.1, 0.15) is 5.76 Å². The average Bonchev–Trinajstić information content (AvgIpc) is 2.95. The molecule has 98 valence electrons. The molecule has 3 aromatic rings. The monoisotopic (exact) mass is 384 g/mol. The molecular weight excluding hydrogens is 376 g/mol. The summed E-state index contributed by atoms with van der Waals surface area (Å²) in [5, 5.41) is 11.5. The Morgan fingerprint density at radius 3 is 2.89 bits per heavy atom. The third-order valence-corrected chi connectivity index (χ3v) is 4.37. The van der Waals surface area contributed by atoms with E-state index in [0.29, 0.717) is 17.8 Å². The van der Waals surface area contributed by atoms with Gasteiger partial charge in [0.2, 0.25) is 0 Å². The smallest absolute Gasteiger partial charge is 0.183 e. The van der Waals surface area contributed by atoms with Crippen molar-refractivity contribution in [2.45, 2.75) is 13.1 Å². The van der Waals surface area contributed by atoms with Crippen LogP contribution in [0.3, 0.4) is 0 Å². The van der Waals surface area contributed by atoms with Gasteiger partial charge >= 0.3 is 0 Å². The van der Waals surface area contributed by atoms with Gasteiger partial charge in [0.25, 0.3) is 0 Å². The highest BCUT2D eigenvalue weighted by Gasteiger charge is 2.07. The van der Waals surface area contributed by atoms with Gasteiger partial charge in [0, 0.05) is 6.20 Å². The molecule has 19 heavy (non-hydrogen) atoms. The number of aromatic nitrogens is 3. The van der Waals surface area contributed by atoms with Crippen molar-refractivity contribution in [2.75, 3.05) is 0 Å². The molecule has 3 rings (SSSR count). The number of nitrogens with one attached hydrogen (secondary N) is 1. The maximum absolute atomic E-state index is 5.49. The third-order valence-electron chi connectivity index (χ3n) is 2.66. The van der Waals surface area contributed by atoms with Crippen molar-refractivity contribution in [3.05, 3.63) is 51.2 Å². The van der Waals surface area contributed by atoms with E-state index in [1.165, 1.54) is 0 Å². The molecule has 0 fully saturated rings. The highest BCUT2D eigenvalue weighted by molar-refractivity contribution is 9.13. The average molecular weight is 386 g/mol. The number of hydrogen-bond acceptors (Lipinski definition) is 4. The van der Waals surface area contributed by atoms with Crippen LogP contribution in [-0.2, 0) is 13.1 Å². The van der Waals surface area contributed by atoms with Crippen molar-refractivity contribution < 1.29 is 4.42 Å². The van der Waals surface area contributed by atoms with Crippen LogP contribution in [0.5, 0.6) is 0 Å². The van der Waals surface area contributed by atoms with E-state index in [0.717, 1.165) is 21.7 Å². The molecule has 0 radical (unpaired) electrons. The van der Waals surface area contributed by atoms with Gasteiger partial charge in [0.05, 0.1) is 17.6 Å². The quantitative estimate of drug-likeness (QED) is 0.749. The van der Waals surface area contributed by atoms with Crippen molar-refractivity contribution in [1.82, 2.24) is 19.9 Å². The molecule has 0 saturated heterocycles. The number of nitrogens with zero attached hydrogens (tertiary/aromatic N) is 3. The maximum atomic E-state index is 5.49. The lowest BCUT2D eigenvalue weighted by molar-refractivity contribution is 0.462. The lowest BCUT2D eigenvalue weighted by Crippen LogP contribution is -2.14. The summed E-state index contributed by atoms with van der Waals surface area (Å²) in [6, 6.07) is 7.76. The van der Waals surface area contributed by atoms with Crippen molar-refractivity contribution >= 4 is 37.5 Å². The lowest BCUT2D eigenvalue weighted by Gasteiger charge is -2.01. The minimum absolute atomic E-state index is 0.626. The first-order chi connectivity index (χ1) is 9.24. The van der Waals surface area contributed by atoms with Gasteiger partial charge in [-0.1, -0.05) is 6.07 Å². The molecule has 0 aliphatic heterocycles. The fourth-order valence-electron chi connectivity index (χ4n) is 1.79. The Hall–Kier alpha value is -1.18. The zero-order chi connectivity index (χ0) is 13.2. The number of hydrogen-bond donors (Lipinski definition) is 1. The largest absolute Gasteiger partial charge is 0.452 e. The second-order valence-electron chi connectivity index (χ2n) is 3.98. The topological polar surface area (TPSA) is 55.4 Å². The predicted octanol–water partition coefficient (Wildman–Crippen LogP) is 3.14. The Labute approximate surface area is 126 Å². The molecule has 0 aromatic carbocycles. The normalized spacial score (nSPS) is 11.3. The van der Waals surface area contributed by atoms with E-state index in [-0.39, 0.29) is 0 Å².